The van der Waals surface area contributed by atoms with E-state index in [1.807, 2.05) is 0 Å². The van der Waals surface area contributed by atoms with Crippen LogP contribution in [0.4, 0.5) is 8.78 Å². The van der Waals surface area contributed by atoms with Crippen molar-refractivity contribution in [1.82, 2.24) is 9.97 Å². The molecule has 0 N–H and O–H groups in total. The molecule has 19 heavy (non-hydrogen) atoms. The van der Waals surface area contributed by atoms with Crippen molar-refractivity contribution in [3.63, 3.8) is 0 Å². The largest absolute Gasteiger partial charge is 0.228 e. The molecule has 1 heterocycles. The lowest BCUT2D eigenvalue weighted by molar-refractivity contribution is 0.628. The van der Waals surface area contributed by atoms with E-state index in [1.165, 1.54) is 18.2 Å². The maximum absolute atomic E-state index is 13.6. The normalized spacial score (nSPS) is 10.9. The minimum Gasteiger partial charge on any atom is -0.228 e. The second-order valence-corrected chi connectivity index (χ2v) is 4.34. The van der Waals surface area contributed by atoms with Crippen LogP contribution in [0.2, 0.25) is 5.15 Å². The lowest BCUT2D eigenvalue weighted by Gasteiger charge is -2.05. The fraction of sp³-hybridized carbons (Fsp3) is 0. The predicted octanol–water partition coefficient (Wildman–Crippen LogP) is 4.23. The van der Waals surface area contributed by atoms with Crippen LogP contribution in [0.25, 0.3) is 22.3 Å². The van der Waals surface area contributed by atoms with Gasteiger partial charge in [-0.2, -0.15) is 0 Å². The van der Waals surface area contributed by atoms with Crippen molar-refractivity contribution >= 4 is 22.5 Å². The summed E-state index contributed by atoms with van der Waals surface area (Å²) < 4.78 is 26.5. The lowest BCUT2D eigenvalue weighted by Crippen LogP contribution is -1.93. The molecule has 0 atom stereocenters. The molecule has 0 spiro atoms. The summed E-state index contributed by atoms with van der Waals surface area (Å²) in [4.78, 5) is 8.29. The molecule has 0 fully saturated rings. The van der Waals surface area contributed by atoms with Crippen LogP contribution in [0.1, 0.15) is 0 Å². The summed E-state index contributed by atoms with van der Waals surface area (Å²) in [5.41, 5.74) is 1.04. The van der Waals surface area contributed by atoms with Crippen LogP contribution in [-0.4, -0.2) is 9.97 Å². The Morgan fingerprint density at radius 3 is 2.37 bits per heavy atom. The highest BCUT2D eigenvalue weighted by atomic mass is 35.5. The third-order valence-electron chi connectivity index (χ3n) is 2.73. The fourth-order valence-corrected chi connectivity index (χ4v) is 2.09. The van der Waals surface area contributed by atoms with Crippen LogP contribution < -0.4 is 0 Å². The Balaban J connectivity index is 2.24. The highest BCUT2D eigenvalue weighted by molar-refractivity contribution is 6.34. The molecule has 5 heteroatoms. The van der Waals surface area contributed by atoms with Crippen LogP contribution in [0.5, 0.6) is 0 Å². The molecule has 0 amide bonds. The molecule has 0 saturated carbocycles. The number of aromatic nitrogens is 2. The van der Waals surface area contributed by atoms with E-state index < -0.39 is 5.82 Å². The Bertz CT molecular complexity index is 757. The molecule has 0 radical (unpaired) electrons. The van der Waals surface area contributed by atoms with Crippen LogP contribution >= 0.6 is 11.6 Å². The molecule has 0 aliphatic rings. The van der Waals surface area contributed by atoms with E-state index in [9.17, 15) is 8.78 Å². The summed E-state index contributed by atoms with van der Waals surface area (Å²) in [6, 6.07) is 10.2. The Labute approximate surface area is 112 Å². The average Bonchev–Trinajstić information content (AvgIpc) is 2.39. The van der Waals surface area contributed by atoms with Gasteiger partial charge >= 0.3 is 0 Å². The first-order valence-corrected chi connectivity index (χ1v) is 5.90. The van der Waals surface area contributed by atoms with Crippen molar-refractivity contribution < 1.29 is 8.78 Å². The fourth-order valence-electron chi connectivity index (χ4n) is 1.83. The summed E-state index contributed by atoms with van der Waals surface area (Å²) in [5.74, 6) is -0.474. The van der Waals surface area contributed by atoms with Gasteiger partial charge in [0.1, 0.15) is 16.8 Å². The summed E-state index contributed by atoms with van der Waals surface area (Å²) in [7, 11) is 0. The van der Waals surface area contributed by atoms with Gasteiger partial charge in [0.15, 0.2) is 5.82 Å². The molecule has 2 nitrogen and oxygen atoms in total. The summed E-state index contributed by atoms with van der Waals surface area (Å²) in [5, 5.41) is 0.234. The van der Waals surface area contributed by atoms with Gasteiger partial charge in [-0.3, -0.25) is 0 Å². The Hall–Kier alpha value is -2.07. The van der Waals surface area contributed by atoms with Gasteiger partial charge in [0, 0.05) is 5.56 Å². The van der Waals surface area contributed by atoms with Crippen molar-refractivity contribution in [3.8, 4) is 11.4 Å². The SMILES string of the molecule is Fc1ccc(-c2nc(Cl)c3c(F)cccc3n2)cc1. The third kappa shape index (κ3) is 2.15. The Morgan fingerprint density at radius 2 is 1.63 bits per heavy atom. The van der Waals surface area contributed by atoms with E-state index in [-0.39, 0.29) is 16.4 Å². The van der Waals surface area contributed by atoms with E-state index >= 15 is 0 Å². The first-order chi connectivity index (χ1) is 9.15. The van der Waals surface area contributed by atoms with Crippen LogP contribution in [0.15, 0.2) is 42.5 Å². The maximum Gasteiger partial charge on any atom is 0.161 e. The minimum atomic E-state index is -0.465. The molecule has 2 aromatic carbocycles. The standard InChI is InChI=1S/C14H7ClF2N2/c15-13-12-10(17)2-1-3-11(12)18-14(19-13)8-4-6-9(16)7-5-8/h1-7H. The van der Waals surface area contributed by atoms with E-state index in [4.69, 9.17) is 11.6 Å². The molecule has 94 valence electrons. The summed E-state index contributed by atoms with van der Waals surface area (Å²) in [6.07, 6.45) is 0. The zero-order valence-corrected chi connectivity index (χ0v) is 10.3. The molecule has 0 unspecified atom stereocenters. The molecule has 0 bridgehead atoms. The second kappa shape index (κ2) is 4.55. The Morgan fingerprint density at radius 1 is 0.895 bits per heavy atom. The zero-order valence-electron chi connectivity index (χ0n) is 9.57. The van der Waals surface area contributed by atoms with Gasteiger partial charge in [0.25, 0.3) is 0 Å². The molecule has 0 aliphatic carbocycles. The monoisotopic (exact) mass is 276 g/mol. The average molecular weight is 277 g/mol. The maximum atomic E-state index is 13.6. The van der Waals surface area contributed by atoms with Crippen molar-refractivity contribution in [3.05, 3.63) is 59.3 Å². The molecule has 3 aromatic rings. The van der Waals surface area contributed by atoms with Gasteiger partial charge in [-0.1, -0.05) is 17.7 Å². The van der Waals surface area contributed by atoms with Gasteiger partial charge in [-0.05, 0) is 36.4 Å². The minimum absolute atomic E-state index is 0.0439. The Kier molecular flexibility index (Phi) is 2.87. The number of rotatable bonds is 1. The first-order valence-electron chi connectivity index (χ1n) is 5.53. The highest BCUT2D eigenvalue weighted by Crippen LogP contribution is 2.26. The quantitative estimate of drug-likeness (QED) is 0.622. The van der Waals surface area contributed by atoms with Crippen molar-refractivity contribution in [1.29, 1.82) is 0 Å². The summed E-state index contributed by atoms with van der Waals surface area (Å²) >= 11 is 5.98. The van der Waals surface area contributed by atoms with Crippen LogP contribution in [0.3, 0.4) is 0 Å². The van der Waals surface area contributed by atoms with Crippen molar-refractivity contribution in [2.75, 3.05) is 0 Å². The summed E-state index contributed by atoms with van der Waals surface area (Å²) in [6.45, 7) is 0. The number of benzene rings is 2. The first kappa shape index (κ1) is 12.0. The third-order valence-corrected chi connectivity index (χ3v) is 3.00. The molecular formula is C14H7ClF2N2. The number of nitrogens with zero attached hydrogens (tertiary/aromatic N) is 2. The van der Waals surface area contributed by atoms with E-state index in [2.05, 4.69) is 9.97 Å². The van der Waals surface area contributed by atoms with Crippen molar-refractivity contribution in [2.24, 2.45) is 0 Å². The lowest BCUT2D eigenvalue weighted by atomic mass is 10.2. The second-order valence-electron chi connectivity index (χ2n) is 3.98. The van der Waals surface area contributed by atoms with Gasteiger partial charge in [0.2, 0.25) is 0 Å². The van der Waals surface area contributed by atoms with E-state index in [0.29, 0.717) is 16.9 Å². The molecule has 0 aliphatic heterocycles. The molecule has 3 rings (SSSR count). The van der Waals surface area contributed by atoms with Gasteiger partial charge < -0.3 is 0 Å². The number of fused-ring (bicyclic) bond motifs is 1. The molecular weight excluding hydrogens is 270 g/mol. The van der Waals surface area contributed by atoms with Gasteiger partial charge in [0.05, 0.1) is 10.9 Å². The number of hydrogen-bond acceptors (Lipinski definition) is 2. The van der Waals surface area contributed by atoms with E-state index in [0.717, 1.165) is 0 Å². The van der Waals surface area contributed by atoms with Gasteiger partial charge in [-0.25, -0.2) is 18.7 Å². The van der Waals surface area contributed by atoms with Crippen molar-refractivity contribution in [2.45, 2.75) is 0 Å². The van der Waals surface area contributed by atoms with E-state index in [1.54, 1.807) is 24.3 Å². The van der Waals surface area contributed by atoms with Crippen LogP contribution in [0, 0.1) is 11.6 Å². The zero-order chi connectivity index (χ0) is 13.4. The van der Waals surface area contributed by atoms with Gasteiger partial charge in [-0.15, -0.1) is 0 Å². The predicted molar refractivity (Wildman–Crippen MR) is 69.9 cm³/mol. The van der Waals surface area contributed by atoms with Crippen LogP contribution in [-0.2, 0) is 0 Å². The topological polar surface area (TPSA) is 25.8 Å². The highest BCUT2D eigenvalue weighted by Gasteiger charge is 2.11. The number of halogens is 3. The smallest absolute Gasteiger partial charge is 0.161 e. The molecule has 1 aromatic heterocycles. The number of hydrogen-bond donors (Lipinski definition) is 0. The molecule has 0 saturated heterocycles.